The zero-order valence-electron chi connectivity index (χ0n) is 10.8. The van der Waals surface area contributed by atoms with Gasteiger partial charge in [-0.25, -0.2) is 0 Å². The van der Waals surface area contributed by atoms with Gasteiger partial charge in [-0.1, -0.05) is 6.08 Å². The molecule has 0 heterocycles. The molecule has 4 nitrogen and oxygen atoms in total. The largest absolute Gasteiger partial charge is 0.507 e. The van der Waals surface area contributed by atoms with Gasteiger partial charge < -0.3 is 14.7 Å². The third kappa shape index (κ3) is 3.60. The van der Waals surface area contributed by atoms with Crippen molar-refractivity contribution in [1.82, 2.24) is 0 Å². The molecule has 0 amide bonds. The van der Waals surface area contributed by atoms with E-state index in [0.717, 1.165) is 5.69 Å². The average molecular weight is 249 g/mol. The number of phenols is 1. The molecule has 0 aliphatic heterocycles. The molecule has 0 aliphatic rings. The second-order valence-electron chi connectivity index (χ2n) is 3.99. The Labute approximate surface area is 107 Å². The van der Waals surface area contributed by atoms with Crippen molar-refractivity contribution in [1.29, 1.82) is 0 Å². The Hall–Kier alpha value is -1.81. The molecule has 0 aliphatic carbocycles. The first-order valence-electron chi connectivity index (χ1n) is 5.79. The number of ketones is 1. The Morgan fingerprint density at radius 3 is 2.78 bits per heavy atom. The number of phenolic OH excluding ortho intramolecular Hbond substituents is 1. The van der Waals surface area contributed by atoms with E-state index in [4.69, 9.17) is 4.74 Å². The summed E-state index contributed by atoms with van der Waals surface area (Å²) in [6, 6.07) is 5.04. The minimum absolute atomic E-state index is 0.00600. The summed E-state index contributed by atoms with van der Waals surface area (Å²) in [5, 5.41) is 9.80. The van der Waals surface area contributed by atoms with Crippen LogP contribution in [0.15, 0.2) is 30.9 Å². The maximum Gasteiger partial charge on any atom is 0.163 e. The van der Waals surface area contributed by atoms with E-state index in [1.54, 1.807) is 25.3 Å². The highest BCUT2D eigenvalue weighted by molar-refractivity contribution is 5.97. The first-order chi connectivity index (χ1) is 8.60. The standard InChI is InChI=1S/C14H19NO3/c1-4-7-15(8-9-18-3)12-5-6-13(11(2)16)14(17)10-12/h4-6,10,17H,1,7-9H2,2-3H3. The van der Waals surface area contributed by atoms with Crippen LogP contribution in [0.1, 0.15) is 17.3 Å². The molecular formula is C14H19NO3. The van der Waals surface area contributed by atoms with E-state index >= 15 is 0 Å². The molecule has 0 radical (unpaired) electrons. The third-order valence-corrected chi connectivity index (χ3v) is 2.64. The van der Waals surface area contributed by atoms with Gasteiger partial charge in [0.15, 0.2) is 5.78 Å². The van der Waals surface area contributed by atoms with Crippen molar-refractivity contribution in [2.24, 2.45) is 0 Å². The molecule has 0 unspecified atom stereocenters. The second-order valence-corrected chi connectivity index (χ2v) is 3.99. The van der Waals surface area contributed by atoms with Crippen molar-refractivity contribution >= 4 is 11.5 Å². The van der Waals surface area contributed by atoms with Crippen LogP contribution in [0, 0.1) is 0 Å². The van der Waals surface area contributed by atoms with Crippen LogP contribution in [0.3, 0.4) is 0 Å². The highest BCUT2D eigenvalue weighted by Gasteiger charge is 2.10. The Morgan fingerprint density at radius 1 is 1.56 bits per heavy atom. The number of benzene rings is 1. The Bertz CT molecular complexity index is 429. The molecule has 0 saturated carbocycles. The van der Waals surface area contributed by atoms with Gasteiger partial charge in [0.1, 0.15) is 5.75 Å². The number of nitrogens with zero attached hydrogens (tertiary/aromatic N) is 1. The molecule has 1 aromatic rings. The predicted molar refractivity (Wildman–Crippen MR) is 72.4 cm³/mol. The molecule has 1 N–H and O–H groups in total. The highest BCUT2D eigenvalue weighted by Crippen LogP contribution is 2.25. The van der Waals surface area contributed by atoms with Crippen LogP contribution in [0.4, 0.5) is 5.69 Å². The van der Waals surface area contributed by atoms with Crippen molar-refractivity contribution in [2.75, 3.05) is 31.7 Å². The molecule has 1 aromatic carbocycles. The van der Waals surface area contributed by atoms with Crippen molar-refractivity contribution < 1.29 is 14.6 Å². The van der Waals surface area contributed by atoms with E-state index in [2.05, 4.69) is 6.58 Å². The van der Waals surface area contributed by atoms with Gasteiger partial charge in [0, 0.05) is 32.0 Å². The van der Waals surface area contributed by atoms with Crippen LogP contribution < -0.4 is 4.90 Å². The van der Waals surface area contributed by atoms with E-state index in [0.29, 0.717) is 25.3 Å². The highest BCUT2D eigenvalue weighted by atomic mass is 16.5. The summed E-state index contributed by atoms with van der Waals surface area (Å²) in [6.07, 6.45) is 1.78. The fraction of sp³-hybridized carbons (Fsp3) is 0.357. The van der Waals surface area contributed by atoms with E-state index in [-0.39, 0.29) is 11.5 Å². The maximum atomic E-state index is 11.2. The summed E-state index contributed by atoms with van der Waals surface area (Å²) in [4.78, 5) is 13.2. The van der Waals surface area contributed by atoms with Crippen molar-refractivity contribution in [3.63, 3.8) is 0 Å². The van der Waals surface area contributed by atoms with E-state index in [9.17, 15) is 9.90 Å². The van der Waals surface area contributed by atoms with Gasteiger partial charge in [-0.05, 0) is 19.1 Å². The Kier molecular flexibility index (Phi) is 5.39. The van der Waals surface area contributed by atoms with Gasteiger partial charge in [0.05, 0.1) is 12.2 Å². The number of carbonyl (C=O) groups excluding carboxylic acids is 1. The van der Waals surface area contributed by atoms with E-state index in [1.165, 1.54) is 6.92 Å². The Morgan fingerprint density at radius 2 is 2.28 bits per heavy atom. The lowest BCUT2D eigenvalue weighted by Crippen LogP contribution is -2.27. The quantitative estimate of drug-likeness (QED) is 0.594. The SMILES string of the molecule is C=CCN(CCOC)c1ccc(C(C)=O)c(O)c1. The van der Waals surface area contributed by atoms with Crippen molar-refractivity contribution in [3.05, 3.63) is 36.4 Å². The summed E-state index contributed by atoms with van der Waals surface area (Å²) >= 11 is 0. The van der Waals surface area contributed by atoms with Crippen LogP contribution in [-0.4, -0.2) is 37.7 Å². The molecule has 1 rings (SSSR count). The molecule has 98 valence electrons. The van der Waals surface area contributed by atoms with Gasteiger partial charge >= 0.3 is 0 Å². The first kappa shape index (κ1) is 14.3. The van der Waals surface area contributed by atoms with Gasteiger partial charge in [-0.15, -0.1) is 6.58 Å². The molecule has 0 atom stereocenters. The van der Waals surface area contributed by atoms with Gasteiger partial charge in [0.25, 0.3) is 0 Å². The smallest absolute Gasteiger partial charge is 0.163 e. The minimum Gasteiger partial charge on any atom is -0.507 e. The van der Waals surface area contributed by atoms with Gasteiger partial charge in [-0.3, -0.25) is 4.79 Å². The van der Waals surface area contributed by atoms with Crippen LogP contribution in [0.5, 0.6) is 5.75 Å². The lowest BCUT2D eigenvalue weighted by atomic mass is 10.1. The second kappa shape index (κ2) is 6.81. The Balaban J connectivity index is 2.94. The molecule has 0 fully saturated rings. The number of anilines is 1. The maximum absolute atomic E-state index is 11.2. The fourth-order valence-electron chi connectivity index (χ4n) is 1.70. The summed E-state index contributed by atoms with van der Waals surface area (Å²) in [5.74, 6) is -0.141. The van der Waals surface area contributed by atoms with Crippen LogP contribution >= 0.6 is 0 Å². The number of Topliss-reactive ketones (excluding diaryl/α,β-unsaturated/α-hetero) is 1. The van der Waals surface area contributed by atoms with E-state index < -0.39 is 0 Å². The lowest BCUT2D eigenvalue weighted by Gasteiger charge is -2.23. The summed E-state index contributed by atoms with van der Waals surface area (Å²) < 4.78 is 5.04. The molecular weight excluding hydrogens is 230 g/mol. The van der Waals surface area contributed by atoms with E-state index in [1.807, 2.05) is 11.0 Å². The number of ether oxygens (including phenoxy) is 1. The minimum atomic E-state index is -0.147. The number of hydrogen-bond donors (Lipinski definition) is 1. The summed E-state index contributed by atoms with van der Waals surface area (Å²) in [6.45, 7) is 7.07. The van der Waals surface area contributed by atoms with Gasteiger partial charge in [0.2, 0.25) is 0 Å². The van der Waals surface area contributed by atoms with Gasteiger partial charge in [-0.2, -0.15) is 0 Å². The van der Waals surface area contributed by atoms with Crippen molar-refractivity contribution in [3.8, 4) is 5.75 Å². The zero-order chi connectivity index (χ0) is 13.5. The molecule has 0 saturated heterocycles. The topological polar surface area (TPSA) is 49.8 Å². The summed E-state index contributed by atoms with van der Waals surface area (Å²) in [5.41, 5.74) is 1.18. The van der Waals surface area contributed by atoms with Crippen LogP contribution in [0.25, 0.3) is 0 Å². The third-order valence-electron chi connectivity index (χ3n) is 2.64. The monoisotopic (exact) mass is 249 g/mol. The summed E-state index contributed by atoms with van der Waals surface area (Å²) in [7, 11) is 1.64. The molecule has 0 aromatic heterocycles. The lowest BCUT2D eigenvalue weighted by molar-refractivity contribution is 0.101. The first-order valence-corrected chi connectivity index (χ1v) is 5.79. The van der Waals surface area contributed by atoms with Crippen LogP contribution in [-0.2, 0) is 4.74 Å². The zero-order valence-corrected chi connectivity index (χ0v) is 10.8. The molecule has 0 bridgehead atoms. The number of carbonyl (C=O) groups is 1. The normalized spacial score (nSPS) is 10.1. The predicted octanol–water partition coefficient (Wildman–Crippen LogP) is 2.23. The molecule has 4 heteroatoms. The fourth-order valence-corrected chi connectivity index (χ4v) is 1.70. The average Bonchev–Trinajstić information content (AvgIpc) is 2.33. The number of methoxy groups -OCH3 is 1. The number of aromatic hydroxyl groups is 1. The molecule has 0 spiro atoms. The number of hydrogen-bond acceptors (Lipinski definition) is 4. The van der Waals surface area contributed by atoms with Crippen molar-refractivity contribution in [2.45, 2.75) is 6.92 Å². The number of rotatable bonds is 7. The molecule has 18 heavy (non-hydrogen) atoms. The van der Waals surface area contributed by atoms with Crippen LogP contribution in [0.2, 0.25) is 0 Å².